The van der Waals surface area contributed by atoms with E-state index in [2.05, 4.69) is 0 Å². The molecule has 0 radical (unpaired) electrons. The number of hydrogen-bond donors (Lipinski definition) is 0. The highest BCUT2D eigenvalue weighted by Gasteiger charge is 2.70. The van der Waals surface area contributed by atoms with Gasteiger partial charge in [-0.2, -0.15) is 0 Å². The summed E-state index contributed by atoms with van der Waals surface area (Å²) in [6, 6.07) is 0. The van der Waals surface area contributed by atoms with Crippen LogP contribution in [0.3, 0.4) is 0 Å². The van der Waals surface area contributed by atoms with Crippen LogP contribution < -0.4 is 0 Å². The largest absolute Gasteiger partial charge is 0.0465 e. The molecule has 4 aliphatic rings. The molecule has 4 rings (SSSR count). The summed E-state index contributed by atoms with van der Waals surface area (Å²) < 4.78 is 0. The van der Waals surface area contributed by atoms with Gasteiger partial charge in [-0.05, 0) is 42.9 Å². The molecular formula is C7H10. The molecule has 0 aromatic heterocycles. The topological polar surface area (TPSA) is 0 Å². The molecule has 0 unspecified atom stereocenters. The van der Waals surface area contributed by atoms with Crippen LogP contribution in [0.4, 0.5) is 0 Å². The first kappa shape index (κ1) is 3.11. The van der Waals surface area contributed by atoms with Gasteiger partial charge in [0.05, 0.1) is 0 Å². The maximum atomic E-state index is 1.61. The van der Waals surface area contributed by atoms with E-state index in [1.54, 1.807) is 25.7 Å². The van der Waals surface area contributed by atoms with Crippen molar-refractivity contribution in [1.29, 1.82) is 0 Å². The minimum absolute atomic E-state index is 1.03. The van der Waals surface area contributed by atoms with Crippen LogP contribution in [0.5, 0.6) is 0 Å². The van der Waals surface area contributed by atoms with Crippen molar-refractivity contribution in [2.75, 3.05) is 0 Å². The predicted molar refractivity (Wildman–Crippen MR) is 27.9 cm³/mol. The first-order valence-electron chi connectivity index (χ1n) is 3.42. The molecule has 0 aliphatic heterocycles. The maximum Gasteiger partial charge on any atom is -0.0240 e. The summed E-state index contributed by atoms with van der Waals surface area (Å²) >= 11 is 0. The molecule has 0 heteroatoms. The van der Waals surface area contributed by atoms with Gasteiger partial charge in [0.2, 0.25) is 0 Å². The summed E-state index contributed by atoms with van der Waals surface area (Å²) in [5.41, 5.74) is 1.03. The molecule has 0 aromatic rings. The van der Waals surface area contributed by atoms with Crippen LogP contribution in [-0.2, 0) is 0 Å². The smallest absolute Gasteiger partial charge is 0.0240 e. The summed E-state index contributed by atoms with van der Waals surface area (Å²) in [5.74, 6) is 2.47. The van der Waals surface area contributed by atoms with Crippen molar-refractivity contribution in [1.82, 2.24) is 0 Å². The lowest BCUT2D eigenvalue weighted by Gasteiger charge is -2.60. The van der Waals surface area contributed by atoms with Gasteiger partial charge in [0, 0.05) is 0 Å². The average Bonchev–Trinajstić information content (AvgIpc) is 1.92. The van der Waals surface area contributed by atoms with Crippen LogP contribution in [0.1, 0.15) is 25.7 Å². The second kappa shape index (κ2) is 0.586. The predicted octanol–water partition coefficient (Wildman–Crippen LogP) is 1.81. The molecule has 38 valence electrons. The Balaban J connectivity index is 2.04. The summed E-state index contributed by atoms with van der Waals surface area (Å²) in [6.45, 7) is 0. The molecule has 4 saturated carbocycles. The second-order valence-corrected chi connectivity index (χ2v) is 3.60. The van der Waals surface area contributed by atoms with E-state index in [0.29, 0.717) is 0 Å². The van der Waals surface area contributed by atoms with Crippen molar-refractivity contribution >= 4 is 0 Å². The molecule has 1 spiro atoms. The second-order valence-electron chi connectivity index (χ2n) is 3.60. The van der Waals surface area contributed by atoms with Gasteiger partial charge in [0.15, 0.2) is 0 Å². The van der Waals surface area contributed by atoms with Crippen molar-refractivity contribution in [3.8, 4) is 0 Å². The van der Waals surface area contributed by atoms with Crippen molar-refractivity contribution < 1.29 is 0 Å². The van der Waals surface area contributed by atoms with E-state index in [0.717, 1.165) is 5.41 Å². The van der Waals surface area contributed by atoms with Crippen molar-refractivity contribution in [3.63, 3.8) is 0 Å². The first-order chi connectivity index (χ1) is 3.42. The minimum atomic E-state index is 1.03. The van der Waals surface area contributed by atoms with Crippen LogP contribution in [0.15, 0.2) is 0 Å². The monoisotopic (exact) mass is 94.1 g/mol. The molecule has 0 heterocycles. The van der Waals surface area contributed by atoms with Gasteiger partial charge in [-0.15, -0.1) is 0 Å². The van der Waals surface area contributed by atoms with Gasteiger partial charge in [0.1, 0.15) is 0 Å². The van der Waals surface area contributed by atoms with E-state index in [1.165, 1.54) is 11.8 Å². The quantitative estimate of drug-likeness (QED) is 0.429. The number of rotatable bonds is 0. The molecule has 7 heavy (non-hydrogen) atoms. The fourth-order valence-corrected chi connectivity index (χ4v) is 2.53. The Hall–Kier alpha value is 0. The Bertz CT molecular complexity index is 106. The maximum absolute atomic E-state index is 1.61. The summed E-state index contributed by atoms with van der Waals surface area (Å²) in [4.78, 5) is 0. The highest BCUT2D eigenvalue weighted by atomic mass is 14.7. The Morgan fingerprint density at radius 1 is 1.00 bits per heavy atom. The van der Waals surface area contributed by atoms with E-state index < -0.39 is 0 Å². The Kier molecular flexibility index (Phi) is 0.260. The zero-order valence-electron chi connectivity index (χ0n) is 4.48. The van der Waals surface area contributed by atoms with Gasteiger partial charge in [0.25, 0.3) is 0 Å². The van der Waals surface area contributed by atoms with Crippen molar-refractivity contribution in [2.45, 2.75) is 25.7 Å². The third-order valence-electron chi connectivity index (χ3n) is 3.59. The molecular weight excluding hydrogens is 84.1 g/mol. The fourth-order valence-electron chi connectivity index (χ4n) is 2.53. The highest BCUT2D eigenvalue weighted by Crippen LogP contribution is 2.79. The van der Waals surface area contributed by atoms with Gasteiger partial charge in [-0.25, -0.2) is 0 Å². The zero-order valence-corrected chi connectivity index (χ0v) is 4.48. The third-order valence-corrected chi connectivity index (χ3v) is 3.59. The Morgan fingerprint density at radius 2 is 1.57 bits per heavy atom. The van der Waals surface area contributed by atoms with E-state index in [-0.39, 0.29) is 0 Å². The summed E-state index contributed by atoms with van der Waals surface area (Å²) in [5, 5.41) is 0. The van der Waals surface area contributed by atoms with Gasteiger partial charge < -0.3 is 0 Å². The molecule has 0 saturated heterocycles. The molecule has 0 nitrogen and oxygen atoms in total. The van der Waals surface area contributed by atoms with Crippen LogP contribution in [0.2, 0.25) is 0 Å². The van der Waals surface area contributed by atoms with Crippen LogP contribution in [-0.4, -0.2) is 0 Å². The minimum Gasteiger partial charge on any atom is -0.0465 e. The van der Waals surface area contributed by atoms with Crippen LogP contribution in [0.25, 0.3) is 0 Å². The van der Waals surface area contributed by atoms with Gasteiger partial charge >= 0.3 is 0 Å². The standard InChI is InChI=1S/C7H10/c1-2-7(1)5-3-6(7)4-5/h5-6H,1-4H2. The van der Waals surface area contributed by atoms with Gasteiger partial charge in [-0.3, -0.25) is 0 Å². The molecule has 4 fully saturated rings. The SMILES string of the molecule is C1C2CC1C21CC1. The molecule has 0 amide bonds. The Labute approximate surface area is 43.9 Å². The van der Waals surface area contributed by atoms with Gasteiger partial charge in [-0.1, -0.05) is 0 Å². The summed E-state index contributed by atoms with van der Waals surface area (Å²) in [7, 11) is 0. The highest BCUT2D eigenvalue weighted by molar-refractivity contribution is 5.19. The molecule has 4 aliphatic carbocycles. The lowest BCUT2D eigenvalue weighted by molar-refractivity contribution is -0.105. The summed E-state index contributed by atoms with van der Waals surface area (Å²) in [6.07, 6.45) is 6.42. The molecule has 0 N–H and O–H groups in total. The lowest BCUT2D eigenvalue weighted by atomic mass is 9.45. The Morgan fingerprint density at radius 3 is 1.57 bits per heavy atom. The zero-order chi connectivity index (χ0) is 4.48. The van der Waals surface area contributed by atoms with E-state index >= 15 is 0 Å². The number of hydrogen-bond acceptors (Lipinski definition) is 0. The molecule has 0 aromatic carbocycles. The lowest BCUT2D eigenvalue weighted by Crippen LogP contribution is -2.52. The normalized spacial score (nSPS) is 58.3. The van der Waals surface area contributed by atoms with Crippen molar-refractivity contribution in [3.05, 3.63) is 0 Å². The van der Waals surface area contributed by atoms with Crippen molar-refractivity contribution in [2.24, 2.45) is 17.3 Å². The fraction of sp³-hybridized carbons (Fsp3) is 1.00. The molecule has 2 bridgehead atoms. The van der Waals surface area contributed by atoms with E-state index in [4.69, 9.17) is 0 Å². The van der Waals surface area contributed by atoms with E-state index in [1.807, 2.05) is 0 Å². The molecule has 0 atom stereocenters. The van der Waals surface area contributed by atoms with E-state index in [9.17, 15) is 0 Å². The third kappa shape index (κ3) is 0.154. The first-order valence-corrected chi connectivity index (χ1v) is 3.42. The van der Waals surface area contributed by atoms with Crippen LogP contribution >= 0.6 is 0 Å². The average molecular weight is 94.2 g/mol. The van der Waals surface area contributed by atoms with Crippen LogP contribution in [0, 0.1) is 17.3 Å².